The number of thiocarbonyl (C=S) groups is 1. The Morgan fingerprint density at radius 3 is 2.38 bits per heavy atom. The quantitative estimate of drug-likeness (QED) is 0.713. The van der Waals surface area contributed by atoms with Gasteiger partial charge in [0, 0.05) is 18.7 Å². The number of para-hydroxylation sites is 1. The van der Waals surface area contributed by atoms with Gasteiger partial charge in [0.2, 0.25) is 5.91 Å². The minimum absolute atomic E-state index is 0.173. The monoisotopic (exact) mass is 237 g/mol. The van der Waals surface area contributed by atoms with Crippen LogP contribution in [0.15, 0.2) is 30.3 Å². The van der Waals surface area contributed by atoms with Gasteiger partial charge in [-0.25, -0.2) is 0 Å². The lowest BCUT2D eigenvalue weighted by Crippen LogP contribution is -2.35. The van der Waals surface area contributed by atoms with Crippen LogP contribution in [0.25, 0.3) is 0 Å². The number of nitrogens with two attached hydrogens (primary N) is 2. The molecule has 1 amide bonds. The molecule has 0 atom stereocenters. The van der Waals surface area contributed by atoms with Gasteiger partial charge in [0.15, 0.2) is 0 Å². The maximum atomic E-state index is 10.9. The first kappa shape index (κ1) is 12.4. The Morgan fingerprint density at radius 2 is 1.88 bits per heavy atom. The predicted octanol–water partition coefficient (Wildman–Crippen LogP) is 0.655. The van der Waals surface area contributed by atoms with Crippen molar-refractivity contribution in [2.75, 3.05) is 18.0 Å². The van der Waals surface area contributed by atoms with Gasteiger partial charge in [0.05, 0.1) is 11.5 Å². The zero-order valence-corrected chi connectivity index (χ0v) is 9.74. The summed E-state index contributed by atoms with van der Waals surface area (Å²) in [4.78, 5) is 13.2. The van der Waals surface area contributed by atoms with E-state index in [9.17, 15) is 4.79 Å². The number of amides is 1. The van der Waals surface area contributed by atoms with Gasteiger partial charge in [-0.05, 0) is 12.1 Å². The molecule has 0 fully saturated rings. The Kier molecular flexibility index (Phi) is 4.72. The first-order chi connectivity index (χ1) is 7.59. The Hall–Kier alpha value is -1.62. The zero-order valence-electron chi connectivity index (χ0n) is 8.93. The summed E-state index contributed by atoms with van der Waals surface area (Å²) in [5.74, 6) is -0.369. The van der Waals surface area contributed by atoms with E-state index in [4.69, 9.17) is 23.7 Å². The van der Waals surface area contributed by atoms with Crippen LogP contribution in [0.4, 0.5) is 5.69 Å². The van der Waals surface area contributed by atoms with Crippen LogP contribution in [0.2, 0.25) is 0 Å². The smallest absolute Gasteiger partial charge is 0.236 e. The largest absolute Gasteiger partial charge is 0.393 e. The van der Waals surface area contributed by atoms with Gasteiger partial charge in [-0.3, -0.25) is 4.79 Å². The van der Waals surface area contributed by atoms with Crippen molar-refractivity contribution in [3.05, 3.63) is 30.3 Å². The second kappa shape index (κ2) is 6.07. The molecule has 4 N–H and O–H groups in total. The molecule has 0 saturated heterocycles. The third-order valence-corrected chi connectivity index (χ3v) is 2.30. The van der Waals surface area contributed by atoms with Crippen LogP contribution < -0.4 is 16.4 Å². The number of hydrogen-bond acceptors (Lipinski definition) is 3. The van der Waals surface area contributed by atoms with Crippen molar-refractivity contribution in [1.29, 1.82) is 0 Å². The summed E-state index contributed by atoms with van der Waals surface area (Å²) in [7, 11) is 0. The van der Waals surface area contributed by atoms with Crippen molar-refractivity contribution in [2.24, 2.45) is 11.5 Å². The molecule has 0 radical (unpaired) electrons. The third-order valence-electron chi connectivity index (χ3n) is 2.10. The van der Waals surface area contributed by atoms with Crippen LogP contribution >= 0.6 is 12.2 Å². The minimum Gasteiger partial charge on any atom is -0.393 e. The molecule has 0 aliphatic heterocycles. The van der Waals surface area contributed by atoms with E-state index < -0.39 is 0 Å². The lowest BCUT2D eigenvalue weighted by Gasteiger charge is -2.22. The maximum Gasteiger partial charge on any atom is 0.236 e. The number of anilines is 1. The number of carbonyl (C=O) groups excluding carboxylic acids is 1. The predicted molar refractivity (Wildman–Crippen MR) is 69.3 cm³/mol. The molecule has 0 aromatic heterocycles. The molecule has 0 saturated carbocycles. The Morgan fingerprint density at radius 1 is 1.25 bits per heavy atom. The first-order valence-electron chi connectivity index (χ1n) is 4.96. The molecular weight excluding hydrogens is 222 g/mol. The standard InChI is InChI=1S/C11H15N3OS/c12-10(15)8-14(7-6-11(13)16)9-4-2-1-3-5-9/h1-5H,6-8H2,(H2,12,15)(H2,13,16). The van der Waals surface area contributed by atoms with E-state index in [0.29, 0.717) is 18.0 Å². The molecule has 4 nitrogen and oxygen atoms in total. The van der Waals surface area contributed by atoms with Crippen molar-refractivity contribution in [1.82, 2.24) is 0 Å². The molecule has 0 heterocycles. The van der Waals surface area contributed by atoms with Gasteiger partial charge in [-0.15, -0.1) is 0 Å². The molecule has 0 bridgehead atoms. The molecule has 86 valence electrons. The van der Waals surface area contributed by atoms with E-state index in [-0.39, 0.29) is 12.5 Å². The lowest BCUT2D eigenvalue weighted by atomic mass is 10.2. The molecule has 0 aliphatic carbocycles. The normalized spacial score (nSPS) is 9.75. The highest BCUT2D eigenvalue weighted by molar-refractivity contribution is 7.80. The van der Waals surface area contributed by atoms with Crippen LogP contribution in [0, 0.1) is 0 Å². The van der Waals surface area contributed by atoms with Crippen LogP contribution in [0.1, 0.15) is 6.42 Å². The van der Waals surface area contributed by atoms with E-state index in [1.807, 2.05) is 35.2 Å². The highest BCUT2D eigenvalue weighted by Gasteiger charge is 2.08. The van der Waals surface area contributed by atoms with Gasteiger partial charge in [-0.2, -0.15) is 0 Å². The molecule has 1 aromatic carbocycles. The van der Waals surface area contributed by atoms with E-state index >= 15 is 0 Å². The van der Waals surface area contributed by atoms with E-state index in [2.05, 4.69) is 0 Å². The number of nitrogens with zero attached hydrogens (tertiary/aromatic N) is 1. The Balaban J connectivity index is 2.71. The second-order valence-corrected chi connectivity index (χ2v) is 3.96. The summed E-state index contributed by atoms with van der Waals surface area (Å²) in [5.41, 5.74) is 11.6. The molecule has 1 rings (SSSR count). The van der Waals surface area contributed by atoms with Crippen molar-refractivity contribution in [2.45, 2.75) is 6.42 Å². The van der Waals surface area contributed by atoms with Crippen molar-refractivity contribution in [3.8, 4) is 0 Å². The second-order valence-electron chi connectivity index (χ2n) is 3.44. The van der Waals surface area contributed by atoms with Crippen molar-refractivity contribution in [3.63, 3.8) is 0 Å². The molecule has 0 unspecified atom stereocenters. The third kappa shape index (κ3) is 4.27. The van der Waals surface area contributed by atoms with Gasteiger partial charge < -0.3 is 16.4 Å². The van der Waals surface area contributed by atoms with E-state index in [1.54, 1.807) is 0 Å². The summed E-state index contributed by atoms with van der Waals surface area (Å²) in [6, 6.07) is 9.57. The average Bonchev–Trinajstić information content (AvgIpc) is 2.25. The summed E-state index contributed by atoms with van der Waals surface area (Å²) < 4.78 is 0. The molecule has 16 heavy (non-hydrogen) atoms. The molecule has 1 aromatic rings. The summed E-state index contributed by atoms with van der Waals surface area (Å²) in [6.07, 6.45) is 0.567. The highest BCUT2D eigenvalue weighted by Crippen LogP contribution is 2.12. The number of benzene rings is 1. The molecule has 0 aliphatic rings. The SMILES string of the molecule is NC(=O)CN(CCC(N)=S)c1ccccc1. The number of carbonyl (C=O) groups is 1. The Labute approximate surface area is 100 Å². The van der Waals surface area contributed by atoms with Gasteiger partial charge in [0.1, 0.15) is 0 Å². The number of hydrogen-bond donors (Lipinski definition) is 2. The van der Waals surface area contributed by atoms with Crippen molar-refractivity contribution < 1.29 is 4.79 Å². The lowest BCUT2D eigenvalue weighted by molar-refractivity contribution is -0.116. The zero-order chi connectivity index (χ0) is 12.0. The molecule has 0 spiro atoms. The summed E-state index contributed by atoms with van der Waals surface area (Å²) >= 11 is 4.81. The van der Waals surface area contributed by atoms with Crippen LogP contribution in [0.3, 0.4) is 0 Å². The average molecular weight is 237 g/mol. The van der Waals surface area contributed by atoms with Crippen LogP contribution in [-0.4, -0.2) is 24.0 Å². The molecule has 5 heteroatoms. The highest BCUT2D eigenvalue weighted by atomic mass is 32.1. The fourth-order valence-corrected chi connectivity index (χ4v) is 1.46. The fourth-order valence-electron chi connectivity index (χ4n) is 1.37. The maximum absolute atomic E-state index is 10.9. The Bertz CT molecular complexity index is 367. The fraction of sp³-hybridized carbons (Fsp3) is 0.273. The van der Waals surface area contributed by atoms with Gasteiger partial charge in [-0.1, -0.05) is 30.4 Å². The van der Waals surface area contributed by atoms with Crippen molar-refractivity contribution >= 4 is 28.8 Å². The minimum atomic E-state index is -0.369. The topological polar surface area (TPSA) is 72.4 Å². The van der Waals surface area contributed by atoms with E-state index in [0.717, 1.165) is 5.69 Å². The first-order valence-corrected chi connectivity index (χ1v) is 5.37. The number of primary amides is 1. The summed E-state index contributed by atoms with van der Waals surface area (Å²) in [5, 5.41) is 0. The van der Waals surface area contributed by atoms with E-state index in [1.165, 1.54) is 0 Å². The van der Waals surface area contributed by atoms with Crippen LogP contribution in [-0.2, 0) is 4.79 Å². The molecular formula is C11H15N3OS. The van der Waals surface area contributed by atoms with Crippen LogP contribution in [0.5, 0.6) is 0 Å². The van der Waals surface area contributed by atoms with Gasteiger partial charge in [0.25, 0.3) is 0 Å². The summed E-state index contributed by atoms with van der Waals surface area (Å²) in [6.45, 7) is 0.773. The van der Waals surface area contributed by atoms with Gasteiger partial charge >= 0.3 is 0 Å². The number of rotatable bonds is 6.